The third-order valence-corrected chi connectivity index (χ3v) is 6.82. The molecular formula is C20H29IN4O2S2. The molecule has 1 unspecified atom stereocenters. The van der Waals surface area contributed by atoms with Crippen molar-refractivity contribution in [3.05, 3.63) is 52.2 Å². The third kappa shape index (κ3) is 7.54. The summed E-state index contributed by atoms with van der Waals surface area (Å²) in [4.78, 5) is 4.93. The molecule has 6 nitrogen and oxygen atoms in total. The molecule has 1 aliphatic rings. The van der Waals surface area contributed by atoms with Gasteiger partial charge in [0.15, 0.2) is 5.96 Å². The predicted molar refractivity (Wildman–Crippen MR) is 131 cm³/mol. The molecule has 1 aliphatic carbocycles. The van der Waals surface area contributed by atoms with Gasteiger partial charge in [-0.05, 0) is 65.8 Å². The Morgan fingerprint density at radius 1 is 1.21 bits per heavy atom. The fourth-order valence-corrected chi connectivity index (χ4v) is 4.79. The van der Waals surface area contributed by atoms with Crippen LogP contribution in [-0.4, -0.2) is 33.5 Å². The van der Waals surface area contributed by atoms with Gasteiger partial charge in [-0.15, -0.1) is 24.0 Å². The Morgan fingerprint density at radius 2 is 1.93 bits per heavy atom. The second-order valence-corrected chi connectivity index (χ2v) is 9.57. The highest BCUT2D eigenvalue weighted by Crippen LogP contribution is 2.22. The topological polar surface area (TPSA) is 82.6 Å². The summed E-state index contributed by atoms with van der Waals surface area (Å²) >= 11 is 1.71. The van der Waals surface area contributed by atoms with Crippen molar-refractivity contribution in [1.29, 1.82) is 0 Å². The molecule has 1 aromatic carbocycles. The minimum Gasteiger partial charge on any atom is -0.357 e. The molecule has 1 saturated carbocycles. The number of benzene rings is 1. The maximum Gasteiger partial charge on any atom is 0.240 e. The molecule has 1 fully saturated rings. The summed E-state index contributed by atoms with van der Waals surface area (Å²) in [6.45, 7) is 6.29. The highest BCUT2D eigenvalue weighted by Gasteiger charge is 2.27. The molecule has 1 atom stereocenters. The summed E-state index contributed by atoms with van der Waals surface area (Å²) in [5, 5.41) is 10.9. The van der Waals surface area contributed by atoms with Gasteiger partial charge in [0.05, 0.1) is 11.4 Å². The molecule has 0 bridgehead atoms. The van der Waals surface area contributed by atoms with Crippen LogP contribution in [0.5, 0.6) is 0 Å². The lowest BCUT2D eigenvalue weighted by molar-refractivity contribution is 0.581. The fourth-order valence-electron chi connectivity index (χ4n) is 2.70. The van der Waals surface area contributed by atoms with E-state index in [1.54, 1.807) is 23.5 Å². The second-order valence-electron chi connectivity index (χ2n) is 7.07. The number of thiophene rings is 1. The average molecular weight is 549 g/mol. The molecular weight excluding hydrogens is 519 g/mol. The van der Waals surface area contributed by atoms with Gasteiger partial charge in [0.25, 0.3) is 0 Å². The number of rotatable bonds is 9. The Kier molecular flexibility index (Phi) is 9.38. The Bertz CT molecular complexity index is 880. The number of guanidine groups is 1. The first-order valence-electron chi connectivity index (χ1n) is 9.63. The van der Waals surface area contributed by atoms with E-state index in [2.05, 4.69) is 44.1 Å². The van der Waals surface area contributed by atoms with Gasteiger partial charge in [-0.3, -0.25) is 0 Å². The number of hydrogen-bond acceptors (Lipinski definition) is 4. The van der Waals surface area contributed by atoms with Crippen LogP contribution in [0.3, 0.4) is 0 Å². The summed E-state index contributed by atoms with van der Waals surface area (Å²) < 4.78 is 27.2. The Balaban J connectivity index is 0.00000300. The van der Waals surface area contributed by atoms with Gasteiger partial charge in [-0.25, -0.2) is 18.1 Å². The van der Waals surface area contributed by atoms with Crippen LogP contribution in [0.25, 0.3) is 0 Å². The summed E-state index contributed by atoms with van der Waals surface area (Å²) in [6, 6.07) is 9.20. The number of nitrogens with zero attached hydrogens (tertiary/aromatic N) is 1. The molecule has 3 rings (SSSR count). The number of halogens is 1. The lowest BCUT2D eigenvalue weighted by Gasteiger charge is -2.15. The van der Waals surface area contributed by atoms with Crippen molar-refractivity contribution in [2.24, 2.45) is 4.99 Å². The van der Waals surface area contributed by atoms with E-state index in [0.717, 1.165) is 37.5 Å². The molecule has 0 aliphatic heterocycles. The monoisotopic (exact) mass is 548 g/mol. The molecule has 160 valence electrons. The van der Waals surface area contributed by atoms with Gasteiger partial charge in [0.1, 0.15) is 0 Å². The van der Waals surface area contributed by atoms with Crippen LogP contribution in [0.2, 0.25) is 0 Å². The van der Waals surface area contributed by atoms with Crippen LogP contribution in [-0.2, 0) is 16.6 Å². The van der Waals surface area contributed by atoms with E-state index in [1.165, 1.54) is 5.56 Å². The molecule has 3 N–H and O–H groups in total. The zero-order valence-corrected chi connectivity index (χ0v) is 20.7. The number of sulfonamides is 1. The van der Waals surface area contributed by atoms with Crippen molar-refractivity contribution in [2.75, 3.05) is 13.1 Å². The minimum atomic E-state index is -3.40. The standard InChI is InChI=1S/C20H28N4O2S2.HI/c1-3-21-20(22-12-15(2)17-10-11-27-14-17)23-13-16-4-8-19(9-5-16)28(25,26)24-18-6-7-18;/h4-5,8-11,14-15,18,24H,3,6-7,12-13H2,1-2H3,(H2,21,22,23);1H. The van der Waals surface area contributed by atoms with Gasteiger partial charge >= 0.3 is 0 Å². The van der Waals surface area contributed by atoms with E-state index in [9.17, 15) is 8.42 Å². The SMILES string of the molecule is CCNC(=NCc1ccc(S(=O)(=O)NC2CC2)cc1)NCC(C)c1ccsc1.I. The van der Waals surface area contributed by atoms with Gasteiger partial charge in [0.2, 0.25) is 10.0 Å². The second kappa shape index (κ2) is 11.3. The van der Waals surface area contributed by atoms with E-state index in [0.29, 0.717) is 17.4 Å². The van der Waals surface area contributed by atoms with Crippen molar-refractivity contribution < 1.29 is 8.42 Å². The van der Waals surface area contributed by atoms with Crippen molar-refractivity contribution >= 4 is 51.3 Å². The van der Waals surface area contributed by atoms with Crippen LogP contribution >= 0.6 is 35.3 Å². The van der Waals surface area contributed by atoms with E-state index in [4.69, 9.17) is 0 Å². The molecule has 1 aromatic heterocycles. The molecule has 0 saturated heterocycles. The maximum absolute atomic E-state index is 12.2. The number of nitrogens with one attached hydrogen (secondary N) is 3. The van der Waals surface area contributed by atoms with Crippen LogP contribution in [0, 0.1) is 0 Å². The zero-order valence-electron chi connectivity index (χ0n) is 16.7. The first-order chi connectivity index (χ1) is 13.5. The molecule has 0 amide bonds. The molecule has 0 spiro atoms. The van der Waals surface area contributed by atoms with Crippen molar-refractivity contribution in [3.63, 3.8) is 0 Å². The summed E-state index contributed by atoms with van der Waals surface area (Å²) in [5.74, 6) is 1.16. The number of hydrogen-bond donors (Lipinski definition) is 3. The maximum atomic E-state index is 12.2. The smallest absolute Gasteiger partial charge is 0.240 e. The summed E-state index contributed by atoms with van der Waals surface area (Å²) in [5.41, 5.74) is 2.29. The lowest BCUT2D eigenvalue weighted by Crippen LogP contribution is -2.39. The zero-order chi connectivity index (χ0) is 20.0. The van der Waals surface area contributed by atoms with E-state index in [1.807, 2.05) is 19.1 Å². The summed E-state index contributed by atoms with van der Waals surface area (Å²) in [6.07, 6.45) is 1.86. The molecule has 2 aromatic rings. The van der Waals surface area contributed by atoms with Crippen molar-refractivity contribution in [2.45, 2.75) is 50.1 Å². The first-order valence-corrected chi connectivity index (χ1v) is 12.1. The predicted octanol–water partition coefficient (Wildman–Crippen LogP) is 3.67. The fraction of sp³-hybridized carbons (Fsp3) is 0.450. The Hall–Kier alpha value is -1.17. The summed E-state index contributed by atoms with van der Waals surface area (Å²) in [7, 11) is -3.40. The Labute approximate surface area is 194 Å². The van der Waals surface area contributed by atoms with Crippen LogP contribution in [0.15, 0.2) is 51.0 Å². The van der Waals surface area contributed by atoms with Gasteiger partial charge in [-0.2, -0.15) is 11.3 Å². The van der Waals surface area contributed by atoms with E-state index in [-0.39, 0.29) is 30.0 Å². The van der Waals surface area contributed by atoms with Crippen LogP contribution < -0.4 is 15.4 Å². The van der Waals surface area contributed by atoms with Gasteiger partial charge in [-0.1, -0.05) is 19.1 Å². The quantitative estimate of drug-likeness (QED) is 0.254. The van der Waals surface area contributed by atoms with Gasteiger partial charge < -0.3 is 10.6 Å². The van der Waals surface area contributed by atoms with Crippen LogP contribution in [0.4, 0.5) is 0 Å². The van der Waals surface area contributed by atoms with E-state index >= 15 is 0 Å². The molecule has 29 heavy (non-hydrogen) atoms. The van der Waals surface area contributed by atoms with Crippen LogP contribution in [0.1, 0.15) is 43.7 Å². The molecule has 1 heterocycles. The normalized spacial score (nSPS) is 15.4. The first kappa shape index (κ1) is 24.1. The lowest BCUT2D eigenvalue weighted by atomic mass is 10.1. The number of aliphatic imine (C=N–C) groups is 1. The van der Waals surface area contributed by atoms with Crippen molar-refractivity contribution in [3.8, 4) is 0 Å². The van der Waals surface area contributed by atoms with Gasteiger partial charge in [0, 0.05) is 19.1 Å². The van der Waals surface area contributed by atoms with Crippen molar-refractivity contribution in [1.82, 2.24) is 15.4 Å². The Morgan fingerprint density at radius 3 is 2.52 bits per heavy atom. The highest BCUT2D eigenvalue weighted by molar-refractivity contribution is 14.0. The molecule has 9 heteroatoms. The third-order valence-electron chi connectivity index (χ3n) is 4.58. The highest BCUT2D eigenvalue weighted by atomic mass is 127. The largest absolute Gasteiger partial charge is 0.357 e. The average Bonchev–Trinajstić information content (AvgIpc) is 3.31. The molecule has 0 radical (unpaired) electrons. The minimum absolute atomic E-state index is 0. The van der Waals surface area contributed by atoms with E-state index < -0.39 is 10.0 Å².